The second-order valence-electron chi connectivity index (χ2n) is 15.8. The number of hydrogen-bond donors (Lipinski definition) is 0. The van der Waals surface area contributed by atoms with E-state index in [2.05, 4.69) is 70.4 Å². The van der Waals surface area contributed by atoms with Gasteiger partial charge in [0.15, 0.2) is 0 Å². The highest BCUT2D eigenvalue weighted by atomic mass is 28.4. The number of carbonyl (C=O) groups excluding carboxylic acids is 1. The van der Waals surface area contributed by atoms with E-state index in [0.717, 1.165) is 12.0 Å². The lowest BCUT2D eigenvalue weighted by Crippen LogP contribution is -2.68. The number of ether oxygens (including phenoxy) is 2. The van der Waals surface area contributed by atoms with Gasteiger partial charge in [-0.25, -0.2) is 4.79 Å². The number of nitrogens with zero attached hydrogens (tertiary/aromatic N) is 1. The number of benzene rings is 1. The molecule has 0 spiro atoms. The smallest absolute Gasteiger partial charge is 0.475 e. The molecule has 2 bridgehead atoms. The fourth-order valence-electron chi connectivity index (χ4n) is 8.08. The van der Waals surface area contributed by atoms with Gasteiger partial charge in [-0.15, -0.1) is 0 Å². The predicted octanol–water partition coefficient (Wildman–Crippen LogP) is 6.80. The number of rotatable bonds is 8. The minimum absolute atomic E-state index is 0.0221. The van der Waals surface area contributed by atoms with Crippen molar-refractivity contribution in [3.8, 4) is 5.75 Å². The molecule has 1 aromatic rings. The van der Waals surface area contributed by atoms with Gasteiger partial charge in [-0.1, -0.05) is 65.3 Å². The van der Waals surface area contributed by atoms with Crippen molar-refractivity contribution in [2.24, 2.45) is 17.3 Å². The Morgan fingerprint density at radius 1 is 1.10 bits per heavy atom. The maximum Gasteiger partial charge on any atom is 0.475 e. The van der Waals surface area contributed by atoms with Crippen molar-refractivity contribution in [3.05, 3.63) is 29.3 Å². The first-order valence-electron chi connectivity index (χ1n) is 14.7. The summed E-state index contributed by atoms with van der Waals surface area (Å²) in [4.78, 5) is 13.2. The molecule has 4 aliphatic rings. The van der Waals surface area contributed by atoms with Crippen molar-refractivity contribution < 1.29 is 23.6 Å². The van der Waals surface area contributed by atoms with Gasteiger partial charge >= 0.3 is 13.1 Å². The zero-order valence-corrected chi connectivity index (χ0v) is 28.7. The van der Waals surface area contributed by atoms with Crippen LogP contribution in [0, 0.1) is 17.3 Å². The van der Waals surface area contributed by atoms with Crippen LogP contribution < -0.4 is 4.74 Å². The fraction of sp³-hybridized carbons (Fsp3) is 0.767. The SMILES string of the molecule is COc1c(CC(B2O[C@@H]3C[C@@H]4C[C@@H](C4(C)C)[C@]3(C)O2)N([Si](C)(C)C)[Si](C)(C)C)cccc1C(=O)OC(C)(C)C. The number of esters is 1. The van der Waals surface area contributed by atoms with Crippen LogP contribution in [-0.4, -0.2) is 64.1 Å². The Hall–Kier alpha value is -1.13. The number of methoxy groups -OCH3 is 1. The van der Waals surface area contributed by atoms with Gasteiger partial charge in [0.25, 0.3) is 0 Å². The fourth-order valence-corrected chi connectivity index (χ4v) is 18.5. The Morgan fingerprint density at radius 2 is 1.72 bits per heavy atom. The molecule has 9 heteroatoms. The molecule has 1 aliphatic heterocycles. The standard InChI is InChI=1S/C30H52BNO5Si2/c1-28(2,3)35-27(33)22-16-14-15-20(26(22)34-7)17-25(32(38(8,9)10)39(11,12)13)31-36-24-19-21-18-23(29(21,4)5)30(24,6)37-31/h14-16,21,23-25H,17-19H2,1-13H3/t21-,23-,24+,25?,30-/m0/s1. The van der Waals surface area contributed by atoms with E-state index in [-0.39, 0.29) is 30.7 Å². The van der Waals surface area contributed by atoms with Crippen LogP contribution in [0.4, 0.5) is 0 Å². The lowest BCUT2D eigenvalue weighted by atomic mass is 9.43. The van der Waals surface area contributed by atoms with E-state index in [1.165, 1.54) is 6.42 Å². The Bertz CT molecular complexity index is 1080. The molecule has 39 heavy (non-hydrogen) atoms. The zero-order valence-electron chi connectivity index (χ0n) is 26.7. The monoisotopic (exact) mass is 573 g/mol. The summed E-state index contributed by atoms with van der Waals surface area (Å²) in [5.74, 6) is 1.47. The average molecular weight is 574 g/mol. The molecule has 5 atom stereocenters. The van der Waals surface area contributed by atoms with E-state index in [4.69, 9.17) is 18.8 Å². The van der Waals surface area contributed by atoms with Crippen molar-refractivity contribution in [1.29, 1.82) is 0 Å². The Balaban J connectivity index is 1.75. The van der Waals surface area contributed by atoms with E-state index in [1.807, 2.05) is 26.8 Å². The molecule has 1 aromatic carbocycles. The molecule has 1 saturated heterocycles. The van der Waals surface area contributed by atoms with Crippen LogP contribution in [0.15, 0.2) is 18.2 Å². The van der Waals surface area contributed by atoms with Crippen molar-refractivity contribution in [3.63, 3.8) is 0 Å². The highest BCUT2D eigenvalue weighted by Gasteiger charge is 2.69. The number of carbonyl (C=O) groups is 1. The molecule has 0 radical (unpaired) electrons. The summed E-state index contributed by atoms with van der Waals surface area (Å²) < 4.78 is 28.5. The largest absolute Gasteiger partial charge is 0.496 e. The van der Waals surface area contributed by atoms with Crippen LogP contribution in [0.1, 0.15) is 70.3 Å². The summed E-state index contributed by atoms with van der Waals surface area (Å²) in [5, 5.41) is 0. The van der Waals surface area contributed by atoms with Gasteiger partial charge in [0.05, 0.1) is 18.8 Å². The van der Waals surface area contributed by atoms with Gasteiger partial charge in [-0.3, -0.25) is 0 Å². The molecule has 1 heterocycles. The van der Waals surface area contributed by atoms with Crippen LogP contribution in [-0.2, 0) is 20.5 Å². The lowest BCUT2D eigenvalue weighted by molar-refractivity contribution is -0.199. The Labute approximate surface area is 239 Å². The molecular weight excluding hydrogens is 521 g/mol. The van der Waals surface area contributed by atoms with Gasteiger partial charge in [0, 0.05) is 5.94 Å². The minimum atomic E-state index is -1.81. The van der Waals surface area contributed by atoms with Crippen molar-refractivity contribution in [2.75, 3.05) is 7.11 Å². The lowest BCUT2D eigenvalue weighted by Gasteiger charge is -2.64. The molecule has 0 amide bonds. The maximum atomic E-state index is 13.2. The normalized spacial score (nSPS) is 29.1. The van der Waals surface area contributed by atoms with Crippen LogP contribution in [0.5, 0.6) is 5.75 Å². The molecule has 4 fully saturated rings. The summed E-state index contributed by atoms with van der Waals surface area (Å²) in [6.07, 6.45) is 3.11. The number of para-hydroxylation sites is 1. The summed E-state index contributed by atoms with van der Waals surface area (Å²) in [6.45, 7) is 27.3. The third-order valence-corrected chi connectivity index (χ3v) is 17.0. The zero-order chi connectivity index (χ0) is 29.3. The van der Waals surface area contributed by atoms with Crippen molar-refractivity contribution >= 4 is 29.6 Å². The summed E-state index contributed by atoms with van der Waals surface area (Å²) in [7, 11) is -2.30. The highest BCUT2D eigenvalue weighted by Crippen LogP contribution is 2.66. The Morgan fingerprint density at radius 3 is 2.23 bits per heavy atom. The molecule has 0 N–H and O–H groups in total. The van der Waals surface area contributed by atoms with Gasteiger partial charge in [0.1, 0.15) is 33.4 Å². The summed E-state index contributed by atoms with van der Waals surface area (Å²) in [6, 6.07) is 5.82. The highest BCUT2D eigenvalue weighted by molar-refractivity contribution is 6.90. The molecule has 6 nitrogen and oxygen atoms in total. The third kappa shape index (κ3) is 5.68. The molecule has 1 unspecified atom stereocenters. The Kier molecular flexibility index (Phi) is 7.90. The third-order valence-electron chi connectivity index (χ3n) is 9.41. The van der Waals surface area contributed by atoms with Crippen molar-refractivity contribution in [2.45, 2.75) is 123 Å². The van der Waals surface area contributed by atoms with Gasteiger partial charge < -0.3 is 23.0 Å². The number of hydrogen-bond acceptors (Lipinski definition) is 6. The van der Waals surface area contributed by atoms with Crippen LogP contribution in [0.3, 0.4) is 0 Å². The molecule has 0 aromatic heterocycles. The minimum Gasteiger partial charge on any atom is -0.496 e. The molecular formula is C30H52BNO5Si2. The molecule has 218 valence electrons. The van der Waals surface area contributed by atoms with Gasteiger partial charge in [-0.05, 0) is 75.8 Å². The van der Waals surface area contributed by atoms with Gasteiger partial charge in [0.2, 0.25) is 0 Å². The first kappa shape index (κ1) is 30.8. The first-order chi connectivity index (χ1) is 17.7. The first-order valence-corrected chi connectivity index (χ1v) is 21.6. The van der Waals surface area contributed by atoms with Crippen molar-refractivity contribution in [1.82, 2.24) is 4.23 Å². The van der Waals surface area contributed by atoms with Crippen LogP contribution in [0.25, 0.3) is 0 Å². The predicted molar refractivity (Wildman–Crippen MR) is 164 cm³/mol. The topological polar surface area (TPSA) is 57.2 Å². The van der Waals surface area contributed by atoms with E-state index < -0.39 is 22.1 Å². The summed E-state index contributed by atoms with van der Waals surface area (Å²) in [5.41, 5.74) is 0.894. The van der Waals surface area contributed by atoms with E-state index in [9.17, 15) is 4.79 Å². The average Bonchev–Trinajstić information content (AvgIpc) is 3.12. The summed E-state index contributed by atoms with van der Waals surface area (Å²) >= 11 is 0. The quantitative estimate of drug-likeness (QED) is 0.252. The molecule has 3 aliphatic carbocycles. The molecule has 3 saturated carbocycles. The van der Waals surface area contributed by atoms with Gasteiger partial charge in [-0.2, -0.15) is 0 Å². The second-order valence-corrected chi connectivity index (χ2v) is 25.9. The van der Waals surface area contributed by atoms with Crippen LogP contribution in [0.2, 0.25) is 39.3 Å². The van der Waals surface area contributed by atoms with E-state index in [1.54, 1.807) is 13.2 Å². The van der Waals surface area contributed by atoms with Crippen LogP contribution >= 0.6 is 0 Å². The second kappa shape index (κ2) is 10.0. The van der Waals surface area contributed by atoms with E-state index >= 15 is 0 Å². The maximum absolute atomic E-state index is 13.2. The molecule has 5 rings (SSSR count). The van der Waals surface area contributed by atoms with E-state index in [0.29, 0.717) is 35.0 Å².